The zero-order valence-corrected chi connectivity index (χ0v) is 12.2. The molecule has 0 fully saturated rings. The minimum Gasteiger partial charge on any atom is -0.394 e. The lowest BCUT2D eigenvalue weighted by Gasteiger charge is -2.27. The second-order valence-electron chi connectivity index (χ2n) is 4.93. The van der Waals surface area contributed by atoms with E-state index in [9.17, 15) is 20.1 Å². The van der Waals surface area contributed by atoms with E-state index in [4.69, 9.17) is 10.5 Å². The molecule has 2 rings (SSSR count). The normalized spacial score (nSPS) is 17.3. The number of aromatic nitrogens is 4. The summed E-state index contributed by atoms with van der Waals surface area (Å²) in [6.07, 6.45) is -0.995. The molecule has 0 aromatic carbocycles. The van der Waals surface area contributed by atoms with E-state index in [0.29, 0.717) is 0 Å². The van der Waals surface area contributed by atoms with Crippen molar-refractivity contribution in [1.82, 2.24) is 18.9 Å². The molecule has 0 saturated heterocycles. The van der Waals surface area contributed by atoms with Gasteiger partial charge in [-0.1, -0.05) is 0 Å². The van der Waals surface area contributed by atoms with Crippen LogP contribution in [0.1, 0.15) is 20.1 Å². The molecule has 2 aromatic heterocycles. The van der Waals surface area contributed by atoms with Crippen molar-refractivity contribution in [1.29, 1.82) is 0 Å². The van der Waals surface area contributed by atoms with Crippen LogP contribution in [0.4, 0.5) is 5.95 Å². The van der Waals surface area contributed by atoms with E-state index < -0.39 is 36.8 Å². The Kier molecular flexibility index (Phi) is 4.76. The monoisotopic (exact) mass is 313 g/mol. The summed E-state index contributed by atoms with van der Waals surface area (Å²) in [5, 5.41) is 28.5. The van der Waals surface area contributed by atoms with Gasteiger partial charge in [-0.2, -0.15) is 9.97 Å². The van der Waals surface area contributed by atoms with Crippen molar-refractivity contribution in [3.63, 3.8) is 0 Å². The van der Waals surface area contributed by atoms with Gasteiger partial charge in [0.05, 0.1) is 12.7 Å². The number of hydrogen-bond acceptors (Lipinski definition) is 8. The molecule has 2 heterocycles. The standard InChI is InChI=1S/C12H19N5O5/c1-6(19)9(20)8(5-18)22-7(2)16-3-4-17-11(16)14-10(13)15-12(17)21/h3-4,6-9,18-20H,5H2,1-2H3,(H2,13,15,21)/t6?,7?,8-,9?/m1/s1. The second-order valence-corrected chi connectivity index (χ2v) is 4.93. The Hall–Kier alpha value is -2.01. The average Bonchev–Trinajstić information content (AvgIpc) is 2.87. The number of rotatable bonds is 6. The molecule has 0 aliphatic heterocycles. The molecule has 4 atom stereocenters. The third-order valence-electron chi connectivity index (χ3n) is 3.27. The smallest absolute Gasteiger partial charge is 0.357 e. The first-order chi connectivity index (χ1) is 10.3. The minimum atomic E-state index is -1.25. The van der Waals surface area contributed by atoms with Gasteiger partial charge in [-0.3, -0.25) is 4.57 Å². The van der Waals surface area contributed by atoms with Crippen molar-refractivity contribution in [2.45, 2.75) is 38.4 Å². The molecule has 10 nitrogen and oxygen atoms in total. The number of anilines is 1. The van der Waals surface area contributed by atoms with Crippen LogP contribution in [0.5, 0.6) is 0 Å². The Morgan fingerprint density at radius 1 is 1.32 bits per heavy atom. The number of aliphatic hydroxyl groups is 3. The summed E-state index contributed by atoms with van der Waals surface area (Å²) in [6.45, 7) is 2.55. The molecule has 0 amide bonds. The van der Waals surface area contributed by atoms with Crippen molar-refractivity contribution in [3.05, 3.63) is 22.9 Å². The van der Waals surface area contributed by atoms with Crippen molar-refractivity contribution in [2.75, 3.05) is 12.3 Å². The Balaban J connectivity index is 2.30. The molecule has 0 saturated carbocycles. The van der Waals surface area contributed by atoms with Crippen LogP contribution in [0.25, 0.3) is 5.78 Å². The van der Waals surface area contributed by atoms with Crippen LogP contribution in [0.3, 0.4) is 0 Å². The molecular formula is C12H19N5O5. The van der Waals surface area contributed by atoms with Crippen LogP contribution >= 0.6 is 0 Å². The molecule has 5 N–H and O–H groups in total. The van der Waals surface area contributed by atoms with Crippen LogP contribution in [-0.2, 0) is 4.74 Å². The SMILES string of the molecule is CC(O)C(O)[C@@H](CO)OC(C)n1ccn2c(=O)nc(N)nc12. The summed E-state index contributed by atoms with van der Waals surface area (Å²) in [4.78, 5) is 19.2. The number of nitrogens with zero attached hydrogens (tertiary/aromatic N) is 4. The van der Waals surface area contributed by atoms with E-state index >= 15 is 0 Å². The van der Waals surface area contributed by atoms with Gasteiger partial charge in [-0.25, -0.2) is 9.20 Å². The quantitative estimate of drug-likeness (QED) is 0.484. The van der Waals surface area contributed by atoms with Crippen LogP contribution < -0.4 is 11.4 Å². The number of hydrogen-bond donors (Lipinski definition) is 4. The number of ether oxygens (including phenoxy) is 1. The number of aliphatic hydroxyl groups excluding tert-OH is 3. The van der Waals surface area contributed by atoms with Gasteiger partial charge in [0, 0.05) is 12.4 Å². The van der Waals surface area contributed by atoms with Crippen molar-refractivity contribution in [3.8, 4) is 0 Å². The lowest BCUT2D eigenvalue weighted by Crippen LogP contribution is -2.41. The summed E-state index contributed by atoms with van der Waals surface area (Å²) < 4.78 is 8.23. The van der Waals surface area contributed by atoms with E-state index in [2.05, 4.69) is 9.97 Å². The van der Waals surface area contributed by atoms with Gasteiger partial charge in [-0.05, 0) is 13.8 Å². The fraction of sp³-hybridized carbons (Fsp3) is 0.583. The van der Waals surface area contributed by atoms with E-state index in [0.717, 1.165) is 0 Å². The van der Waals surface area contributed by atoms with E-state index in [-0.39, 0.29) is 11.7 Å². The van der Waals surface area contributed by atoms with Gasteiger partial charge >= 0.3 is 5.69 Å². The first-order valence-electron chi connectivity index (χ1n) is 6.70. The van der Waals surface area contributed by atoms with Gasteiger partial charge in [0.2, 0.25) is 11.7 Å². The van der Waals surface area contributed by atoms with E-state index in [1.165, 1.54) is 22.1 Å². The largest absolute Gasteiger partial charge is 0.394 e. The molecular weight excluding hydrogens is 294 g/mol. The number of nitrogens with two attached hydrogens (primary N) is 1. The molecule has 0 spiro atoms. The fourth-order valence-electron chi connectivity index (χ4n) is 2.08. The summed E-state index contributed by atoms with van der Waals surface area (Å²) >= 11 is 0. The van der Waals surface area contributed by atoms with Gasteiger partial charge < -0.3 is 25.8 Å². The maximum absolute atomic E-state index is 11.7. The van der Waals surface area contributed by atoms with Gasteiger partial charge in [0.25, 0.3) is 0 Å². The molecule has 22 heavy (non-hydrogen) atoms. The lowest BCUT2D eigenvalue weighted by atomic mass is 10.1. The Bertz CT molecular complexity index is 697. The summed E-state index contributed by atoms with van der Waals surface area (Å²) in [5.74, 6) is 0.0492. The highest BCUT2D eigenvalue weighted by Crippen LogP contribution is 2.17. The molecule has 3 unspecified atom stereocenters. The maximum Gasteiger partial charge on any atom is 0.357 e. The average molecular weight is 313 g/mol. The minimum absolute atomic E-state index is 0.167. The molecule has 0 bridgehead atoms. The first-order valence-corrected chi connectivity index (χ1v) is 6.70. The summed E-state index contributed by atoms with van der Waals surface area (Å²) in [7, 11) is 0. The Morgan fingerprint density at radius 3 is 2.59 bits per heavy atom. The molecule has 2 aromatic rings. The first kappa shape index (κ1) is 16.4. The third-order valence-corrected chi connectivity index (χ3v) is 3.27. The van der Waals surface area contributed by atoms with Crippen molar-refractivity contribution in [2.24, 2.45) is 0 Å². The Labute approximate surface area is 125 Å². The summed E-state index contributed by atoms with van der Waals surface area (Å²) in [5.41, 5.74) is 4.89. The number of nitrogen functional groups attached to an aromatic ring is 1. The number of imidazole rings is 1. The predicted molar refractivity (Wildman–Crippen MR) is 76.0 cm³/mol. The van der Waals surface area contributed by atoms with Crippen molar-refractivity contribution >= 4 is 11.7 Å². The predicted octanol–water partition coefficient (Wildman–Crippen LogP) is -1.89. The molecule has 0 radical (unpaired) electrons. The molecule has 122 valence electrons. The van der Waals surface area contributed by atoms with Crippen LogP contribution in [0, 0.1) is 0 Å². The van der Waals surface area contributed by atoms with Crippen LogP contribution in [0.15, 0.2) is 17.2 Å². The van der Waals surface area contributed by atoms with Crippen molar-refractivity contribution < 1.29 is 20.1 Å². The molecule has 0 aliphatic carbocycles. The second kappa shape index (κ2) is 6.40. The Morgan fingerprint density at radius 2 is 2.00 bits per heavy atom. The molecule has 0 aliphatic rings. The molecule has 10 heteroatoms. The number of fused-ring (bicyclic) bond motifs is 1. The highest BCUT2D eigenvalue weighted by molar-refractivity contribution is 5.34. The third kappa shape index (κ3) is 3.09. The van der Waals surface area contributed by atoms with Gasteiger partial charge in [0.15, 0.2) is 0 Å². The fourth-order valence-corrected chi connectivity index (χ4v) is 2.08. The highest BCUT2D eigenvalue weighted by Gasteiger charge is 2.26. The van der Waals surface area contributed by atoms with Gasteiger partial charge in [0.1, 0.15) is 18.4 Å². The van der Waals surface area contributed by atoms with E-state index in [1.54, 1.807) is 13.1 Å². The topological polar surface area (TPSA) is 148 Å². The van der Waals surface area contributed by atoms with E-state index in [1.807, 2.05) is 0 Å². The zero-order chi connectivity index (χ0) is 16.4. The summed E-state index contributed by atoms with van der Waals surface area (Å²) in [6, 6.07) is 0. The lowest BCUT2D eigenvalue weighted by molar-refractivity contribution is -0.140. The van der Waals surface area contributed by atoms with Gasteiger partial charge in [-0.15, -0.1) is 0 Å². The maximum atomic E-state index is 11.7. The van der Waals surface area contributed by atoms with Crippen LogP contribution in [-0.4, -0.2) is 59.2 Å². The zero-order valence-electron chi connectivity index (χ0n) is 12.2. The highest BCUT2D eigenvalue weighted by atomic mass is 16.5. The van der Waals surface area contributed by atoms with Crippen LogP contribution in [0.2, 0.25) is 0 Å².